The highest BCUT2D eigenvalue weighted by molar-refractivity contribution is 7.99. The van der Waals surface area contributed by atoms with Gasteiger partial charge >= 0.3 is 0 Å². The molecule has 0 saturated carbocycles. The highest BCUT2D eigenvalue weighted by atomic mass is 32.2. The van der Waals surface area contributed by atoms with Gasteiger partial charge < -0.3 is 10.4 Å². The Morgan fingerprint density at radius 2 is 2.06 bits per heavy atom. The Kier molecular flexibility index (Phi) is 7.40. The molecule has 0 amide bonds. The number of hydrogen-bond donors (Lipinski definition) is 2. The van der Waals surface area contributed by atoms with Gasteiger partial charge in [-0.15, -0.1) is 11.8 Å². The molecule has 1 rings (SSSR count). The summed E-state index contributed by atoms with van der Waals surface area (Å²) in [5.41, 5.74) is 2.69. The number of nitrogens with one attached hydrogen (secondary N) is 1. The summed E-state index contributed by atoms with van der Waals surface area (Å²) in [6.45, 7) is 7.65. The second kappa shape index (κ2) is 8.57. The molecule has 0 aliphatic heterocycles. The normalized spacial score (nSPS) is 12.7. The van der Waals surface area contributed by atoms with Crippen LogP contribution in [0.15, 0.2) is 23.1 Å². The van der Waals surface area contributed by atoms with Crippen LogP contribution in [0.25, 0.3) is 0 Å². The van der Waals surface area contributed by atoms with Crippen LogP contribution in [0.2, 0.25) is 0 Å². The summed E-state index contributed by atoms with van der Waals surface area (Å²) in [7, 11) is 0. The number of rotatable bonds is 8. The van der Waals surface area contributed by atoms with E-state index in [9.17, 15) is 5.11 Å². The van der Waals surface area contributed by atoms with Crippen molar-refractivity contribution in [3.8, 4) is 0 Å². The fourth-order valence-electron chi connectivity index (χ4n) is 1.73. The number of thioether (sulfide) groups is 1. The average Bonchev–Trinajstić information content (AvgIpc) is 2.37. The van der Waals surface area contributed by atoms with Crippen molar-refractivity contribution in [1.29, 1.82) is 0 Å². The topological polar surface area (TPSA) is 32.3 Å². The van der Waals surface area contributed by atoms with Crippen LogP contribution in [-0.2, 0) is 0 Å². The average molecular weight is 267 g/mol. The van der Waals surface area contributed by atoms with Crippen molar-refractivity contribution in [3.63, 3.8) is 0 Å². The van der Waals surface area contributed by atoms with E-state index in [0.29, 0.717) is 0 Å². The van der Waals surface area contributed by atoms with E-state index in [4.69, 9.17) is 0 Å². The van der Waals surface area contributed by atoms with Crippen LogP contribution in [0.5, 0.6) is 0 Å². The predicted octanol–water partition coefficient (Wildman–Crippen LogP) is 3.15. The Morgan fingerprint density at radius 3 is 2.67 bits per heavy atom. The molecule has 0 aromatic heterocycles. The third kappa shape index (κ3) is 5.42. The van der Waals surface area contributed by atoms with E-state index in [-0.39, 0.29) is 12.6 Å². The monoisotopic (exact) mass is 267 g/mol. The predicted molar refractivity (Wildman–Crippen MR) is 80.4 cm³/mol. The second-order valence-electron chi connectivity index (χ2n) is 4.72. The number of hydrogen-bond acceptors (Lipinski definition) is 3. The molecule has 102 valence electrons. The molecular formula is C15H25NOS. The van der Waals surface area contributed by atoms with Gasteiger partial charge in [-0.05, 0) is 62.2 Å². The first-order valence-electron chi connectivity index (χ1n) is 6.71. The third-order valence-electron chi connectivity index (χ3n) is 3.12. The fraction of sp³-hybridized carbons (Fsp3) is 0.600. The summed E-state index contributed by atoms with van der Waals surface area (Å²) >= 11 is 1.87. The van der Waals surface area contributed by atoms with E-state index >= 15 is 0 Å². The maximum atomic E-state index is 9.26. The van der Waals surface area contributed by atoms with Crippen molar-refractivity contribution >= 4 is 11.8 Å². The molecule has 1 aromatic carbocycles. The number of aryl methyl sites for hydroxylation is 2. The van der Waals surface area contributed by atoms with E-state index in [0.717, 1.165) is 25.1 Å². The van der Waals surface area contributed by atoms with Crippen LogP contribution in [-0.4, -0.2) is 30.1 Å². The summed E-state index contributed by atoms with van der Waals surface area (Å²) in [5.74, 6) is 1.05. The Morgan fingerprint density at radius 1 is 1.28 bits per heavy atom. The molecule has 1 aromatic rings. The molecule has 2 nitrogen and oxygen atoms in total. The van der Waals surface area contributed by atoms with Crippen LogP contribution in [0.4, 0.5) is 0 Å². The summed E-state index contributed by atoms with van der Waals surface area (Å²) in [4.78, 5) is 1.32. The minimum absolute atomic E-state index is 0.230. The van der Waals surface area contributed by atoms with Gasteiger partial charge in [-0.2, -0.15) is 0 Å². The zero-order valence-corrected chi connectivity index (χ0v) is 12.5. The molecule has 0 fully saturated rings. The van der Waals surface area contributed by atoms with Gasteiger partial charge in [-0.1, -0.05) is 13.0 Å². The molecule has 0 aliphatic rings. The smallest absolute Gasteiger partial charge is 0.0584 e. The van der Waals surface area contributed by atoms with E-state index in [1.165, 1.54) is 16.0 Å². The van der Waals surface area contributed by atoms with Crippen molar-refractivity contribution in [3.05, 3.63) is 29.3 Å². The zero-order valence-electron chi connectivity index (χ0n) is 11.7. The molecule has 1 unspecified atom stereocenters. The molecular weight excluding hydrogens is 242 g/mol. The van der Waals surface area contributed by atoms with Gasteiger partial charge in [0.1, 0.15) is 0 Å². The zero-order chi connectivity index (χ0) is 13.4. The fourth-order valence-corrected chi connectivity index (χ4v) is 2.79. The van der Waals surface area contributed by atoms with Crippen LogP contribution >= 0.6 is 11.8 Å². The van der Waals surface area contributed by atoms with Gasteiger partial charge in [0, 0.05) is 10.9 Å². The Labute approximate surface area is 115 Å². The first kappa shape index (κ1) is 15.5. The van der Waals surface area contributed by atoms with Crippen molar-refractivity contribution < 1.29 is 5.11 Å². The van der Waals surface area contributed by atoms with Crippen molar-refractivity contribution in [2.45, 2.75) is 44.6 Å². The molecule has 1 atom stereocenters. The summed E-state index contributed by atoms with van der Waals surface area (Å²) in [5, 5.41) is 12.6. The maximum Gasteiger partial charge on any atom is 0.0584 e. The Bertz CT molecular complexity index is 354. The lowest BCUT2D eigenvalue weighted by molar-refractivity contribution is 0.240. The highest BCUT2D eigenvalue weighted by Crippen LogP contribution is 2.22. The van der Waals surface area contributed by atoms with Gasteiger partial charge in [-0.25, -0.2) is 0 Å². The second-order valence-corrected chi connectivity index (χ2v) is 5.89. The van der Waals surface area contributed by atoms with Gasteiger partial charge in [0.15, 0.2) is 0 Å². The van der Waals surface area contributed by atoms with E-state index < -0.39 is 0 Å². The number of aliphatic hydroxyl groups excluding tert-OH is 1. The SMILES string of the molecule is CCCNC(CO)CCSc1ccc(C)c(C)c1. The van der Waals surface area contributed by atoms with Crippen molar-refractivity contribution in [2.24, 2.45) is 0 Å². The van der Waals surface area contributed by atoms with Crippen LogP contribution in [0.3, 0.4) is 0 Å². The molecule has 0 heterocycles. The number of benzene rings is 1. The summed E-state index contributed by atoms with van der Waals surface area (Å²) < 4.78 is 0. The summed E-state index contributed by atoms with van der Waals surface area (Å²) in [6.07, 6.45) is 2.12. The van der Waals surface area contributed by atoms with E-state index in [1.54, 1.807) is 0 Å². The molecule has 0 aliphatic carbocycles. The first-order chi connectivity index (χ1) is 8.67. The molecule has 3 heteroatoms. The highest BCUT2D eigenvalue weighted by Gasteiger charge is 2.06. The minimum atomic E-state index is 0.230. The Balaban J connectivity index is 2.33. The van der Waals surface area contributed by atoms with Gasteiger partial charge in [0.2, 0.25) is 0 Å². The number of aliphatic hydroxyl groups is 1. The van der Waals surface area contributed by atoms with Crippen LogP contribution in [0, 0.1) is 13.8 Å². The van der Waals surface area contributed by atoms with E-state index in [2.05, 4.69) is 44.3 Å². The lowest BCUT2D eigenvalue weighted by atomic mass is 10.1. The van der Waals surface area contributed by atoms with Crippen LogP contribution in [0.1, 0.15) is 30.9 Å². The Hall–Kier alpha value is -0.510. The lowest BCUT2D eigenvalue weighted by Gasteiger charge is -2.15. The standard InChI is InChI=1S/C15H25NOS/c1-4-8-16-14(11-17)7-9-18-15-6-5-12(2)13(3)10-15/h5-6,10,14,16-17H,4,7-9,11H2,1-3H3. The van der Waals surface area contributed by atoms with Crippen molar-refractivity contribution in [2.75, 3.05) is 18.9 Å². The van der Waals surface area contributed by atoms with Crippen LogP contribution < -0.4 is 5.32 Å². The maximum absolute atomic E-state index is 9.26. The third-order valence-corrected chi connectivity index (χ3v) is 4.14. The molecule has 18 heavy (non-hydrogen) atoms. The quantitative estimate of drug-likeness (QED) is 0.710. The first-order valence-corrected chi connectivity index (χ1v) is 7.70. The summed E-state index contributed by atoms with van der Waals surface area (Å²) in [6, 6.07) is 6.84. The lowest BCUT2D eigenvalue weighted by Crippen LogP contribution is -2.33. The molecule has 0 radical (unpaired) electrons. The van der Waals surface area contributed by atoms with Gasteiger partial charge in [0.25, 0.3) is 0 Å². The minimum Gasteiger partial charge on any atom is -0.395 e. The van der Waals surface area contributed by atoms with Gasteiger partial charge in [-0.3, -0.25) is 0 Å². The van der Waals surface area contributed by atoms with Gasteiger partial charge in [0.05, 0.1) is 6.61 Å². The molecule has 0 saturated heterocycles. The molecule has 0 bridgehead atoms. The largest absolute Gasteiger partial charge is 0.395 e. The van der Waals surface area contributed by atoms with E-state index in [1.807, 2.05) is 11.8 Å². The molecule has 0 spiro atoms. The molecule has 2 N–H and O–H groups in total. The van der Waals surface area contributed by atoms with Crippen molar-refractivity contribution in [1.82, 2.24) is 5.32 Å².